The number of hydrogen-bond acceptors (Lipinski definition) is 5. The van der Waals surface area contributed by atoms with E-state index in [4.69, 9.17) is 10.3 Å². The lowest BCUT2D eigenvalue weighted by molar-refractivity contribution is 0.142. The van der Waals surface area contributed by atoms with Crippen LogP contribution in [-0.4, -0.2) is 38.9 Å². The Kier molecular flexibility index (Phi) is 6.80. The van der Waals surface area contributed by atoms with Crippen molar-refractivity contribution in [2.24, 2.45) is 5.11 Å². The molecule has 1 heterocycles. The highest BCUT2D eigenvalue weighted by Gasteiger charge is 2.29. The minimum absolute atomic E-state index is 0.0140. The van der Waals surface area contributed by atoms with Crippen LogP contribution in [-0.2, 0) is 11.3 Å². The molecule has 184 valence electrons. The molecule has 8 heteroatoms. The molecule has 0 saturated carbocycles. The minimum Gasteiger partial charge on any atom is -0.449 e. The van der Waals surface area contributed by atoms with Crippen molar-refractivity contribution >= 4 is 17.5 Å². The Bertz CT molecular complexity index is 1300. The molecule has 2 aliphatic rings. The number of amides is 1. The lowest BCUT2D eigenvalue weighted by Crippen LogP contribution is -2.43. The number of rotatable bonds is 6. The Hall–Kier alpha value is -4.00. The van der Waals surface area contributed by atoms with Gasteiger partial charge < -0.3 is 20.3 Å². The predicted octanol–water partition coefficient (Wildman–Crippen LogP) is 5.69. The molecule has 5 rings (SSSR count). The Morgan fingerprint density at radius 2 is 1.72 bits per heavy atom. The van der Waals surface area contributed by atoms with Crippen molar-refractivity contribution < 1.29 is 9.53 Å². The number of hydrogen-bond donors (Lipinski definition) is 2. The largest absolute Gasteiger partial charge is 0.449 e. The molecule has 3 aromatic rings. The zero-order valence-electron chi connectivity index (χ0n) is 20.6. The topological polar surface area (TPSA) is 102 Å². The first-order chi connectivity index (χ1) is 17.6. The molecular formula is C28H30N6O2. The molecule has 1 fully saturated rings. The number of ether oxygens (including phenoxy) is 1. The van der Waals surface area contributed by atoms with E-state index in [1.807, 2.05) is 38.1 Å². The Balaban J connectivity index is 1.30. The molecule has 1 aliphatic carbocycles. The zero-order chi connectivity index (χ0) is 25.1. The van der Waals surface area contributed by atoms with E-state index >= 15 is 0 Å². The van der Waals surface area contributed by atoms with Crippen molar-refractivity contribution in [3.05, 3.63) is 92.9 Å². The fourth-order valence-electron chi connectivity index (χ4n) is 5.37. The van der Waals surface area contributed by atoms with Crippen molar-refractivity contribution in [1.29, 1.82) is 0 Å². The van der Waals surface area contributed by atoms with Gasteiger partial charge in [-0.3, -0.25) is 0 Å². The van der Waals surface area contributed by atoms with Crippen molar-refractivity contribution in [2.75, 3.05) is 37.7 Å². The van der Waals surface area contributed by atoms with Crippen molar-refractivity contribution in [3.8, 4) is 11.1 Å². The summed E-state index contributed by atoms with van der Waals surface area (Å²) < 4.78 is 5.70. The molecule has 0 bridgehead atoms. The summed E-state index contributed by atoms with van der Waals surface area (Å²) in [7, 11) is 0. The van der Waals surface area contributed by atoms with Crippen LogP contribution >= 0.6 is 0 Å². The maximum atomic E-state index is 12.7. The van der Waals surface area contributed by atoms with Crippen LogP contribution in [0.2, 0.25) is 0 Å². The zero-order valence-corrected chi connectivity index (χ0v) is 20.6. The molecule has 0 radical (unpaired) electrons. The van der Waals surface area contributed by atoms with Crippen molar-refractivity contribution in [3.63, 3.8) is 0 Å². The summed E-state index contributed by atoms with van der Waals surface area (Å²) in [5.41, 5.74) is 18.3. The third-order valence-electron chi connectivity index (χ3n) is 7.26. The van der Waals surface area contributed by atoms with Gasteiger partial charge in [0.15, 0.2) is 0 Å². The number of alkyl carbamates (subject to hydrolysis) is 1. The summed E-state index contributed by atoms with van der Waals surface area (Å²) in [5.74, 6) is 0.0140. The van der Waals surface area contributed by atoms with E-state index in [0.29, 0.717) is 5.69 Å². The van der Waals surface area contributed by atoms with Gasteiger partial charge in [0.25, 0.3) is 0 Å². The minimum atomic E-state index is -0.467. The molecule has 1 saturated heterocycles. The predicted molar refractivity (Wildman–Crippen MR) is 142 cm³/mol. The standard InChI is InChI=1S/C28H30N6O2/c1-18-20(15-26(19(2)27(18)32-33-29)34-13-11-30-12-14-34)16-31-28(35)36-17-25-23-9-5-3-7-21(23)22-8-4-6-10-24(22)25/h3-10,15,25,30H,11-14,16-17H2,1-2H3,(H,31,35). The van der Waals surface area contributed by atoms with Gasteiger partial charge in [-0.2, -0.15) is 0 Å². The summed E-state index contributed by atoms with van der Waals surface area (Å²) in [5, 5.41) is 10.2. The van der Waals surface area contributed by atoms with Gasteiger partial charge in [0.05, 0.1) is 0 Å². The smallest absolute Gasteiger partial charge is 0.407 e. The fraction of sp³-hybridized carbons (Fsp3) is 0.321. The maximum absolute atomic E-state index is 12.7. The first-order valence-corrected chi connectivity index (χ1v) is 12.3. The Morgan fingerprint density at radius 3 is 2.36 bits per heavy atom. The van der Waals surface area contributed by atoms with Crippen LogP contribution in [0.15, 0.2) is 59.7 Å². The van der Waals surface area contributed by atoms with Crippen LogP contribution in [0.3, 0.4) is 0 Å². The summed E-state index contributed by atoms with van der Waals surface area (Å²) in [6, 6.07) is 18.7. The third kappa shape index (κ3) is 4.49. The van der Waals surface area contributed by atoms with E-state index in [2.05, 4.69) is 55.9 Å². The molecule has 2 N–H and O–H groups in total. The highest BCUT2D eigenvalue weighted by Crippen LogP contribution is 2.44. The van der Waals surface area contributed by atoms with E-state index in [1.54, 1.807) is 0 Å². The van der Waals surface area contributed by atoms with Gasteiger partial charge in [-0.15, -0.1) is 0 Å². The molecule has 0 spiro atoms. The van der Waals surface area contributed by atoms with Crippen LogP contribution in [0, 0.1) is 13.8 Å². The Morgan fingerprint density at radius 1 is 1.08 bits per heavy atom. The van der Waals surface area contributed by atoms with Gasteiger partial charge >= 0.3 is 6.09 Å². The van der Waals surface area contributed by atoms with Crippen molar-refractivity contribution in [2.45, 2.75) is 26.3 Å². The second-order valence-electron chi connectivity index (χ2n) is 9.26. The number of anilines is 1. The summed E-state index contributed by atoms with van der Waals surface area (Å²) in [6.07, 6.45) is -0.467. The number of fused-ring (bicyclic) bond motifs is 3. The number of carbonyl (C=O) groups excluding carboxylic acids is 1. The number of azide groups is 1. The first-order valence-electron chi connectivity index (χ1n) is 12.3. The monoisotopic (exact) mass is 482 g/mol. The average molecular weight is 483 g/mol. The van der Waals surface area contributed by atoms with Crippen LogP contribution in [0.4, 0.5) is 16.2 Å². The fourth-order valence-corrected chi connectivity index (χ4v) is 5.37. The molecule has 1 aliphatic heterocycles. The van der Waals surface area contributed by atoms with Crippen LogP contribution < -0.4 is 15.5 Å². The van der Waals surface area contributed by atoms with E-state index in [9.17, 15) is 4.79 Å². The number of nitrogens with zero attached hydrogens (tertiary/aromatic N) is 4. The van der Waals surface area contributed by atoms with Gasteiger partial charge in [0.2, 0.25) is 0 Å². The highest BCUT2D eigenvalue weighted by atomic mass is 16.5. The van der Waals surface area contributed by atoms with E-state index in [1.165, 1.54) is 22.3 Å². The van der Waals surface area contributed by atoms with Gasteiger partial charge in [-0.25, -0.2) is 4.79 Å². The highest BCUT2D eigenvalue weighted by molar-refractivity contribution is 5.79. The van der Waals surface area contributed by atoms with E-state index < -0.39 is 6.09 Å². The second-order valence-corrected chi connectivity index (χ2v) is 9.26. The SMILES string of the molecule is Cc1c(CNC(=O)OCC2c3ccccc3-c3ccccc32)cc(N2CCNCC2)c(C)c1N=[N+]=[N-]. The summed E-state index contributed by atoms with van der Waals surface area (Å²) >= 11 is 0. The quantitative estimate of drug-likeness (QED) is 0.267. The van der Waals surface area contributed by atoms with Gasteiger partial charge in [0.1, 0.15) is 6.61 Å². The molecule has 0 atom stereocenters. The van der Waals surface area contributed by atoms with Crippen LogP contribution in [0.5, 0.6) is 0 Å². The number of carbonyl (C=O) groups is 1. The van der Waals surface area contributed by atoms with Crippen LogP contribution in [0.1, 0.15) is 33.7 Å². The second kappa shape index (κ2) is 10.3. The molecular weight excluding hydrogens is 452 g/mol. The molecule has 0 aromatic heterocycles. The number of piperazine rings is 1. The maximum Gasteiger partial charge on any atom is 0.407 e. The summed E-state index contributed by atoms with van der Waals surface area (Å²) in [6.45, 7) is 8.01. The normalized spacial score (nSPS) is 14.6. The first kappa shape index (κ1) is 23.7. The van der Waals surface area contributed by atoms with Crippen LogP contribution in [0.25, 0.3) is 21.6 Å². The number of nitrogens with one attached hydrogen (secondary N) is 2. The molecule has 8 nitrogen and oxygen atoms in total. The van der Waals surface area contributed by atoms with Gasteiger partial charge in [-0.1, -0.05) is 53.6 Å². The Labute approximate surface area is 210 Å². The molecule has 0 unspecified atom stereocenters. The third-order valence-corrected chi connectivity index (χ3v) is 7.26. The molecule has 3 aromatic carbocycles. The van der Waals surface area contributed by atoms with E-state index in [0.717, 1.165) is 48.6 Å². The summed E-state index contributed by atoms with van der Waals surface area (Å²) in [4.78, 5) is 18.1. The molecule has 36 heavy (non-hydrogen) atoms. The lowest BCUT2D eigenvalue weighted by Gasteiger charge is -2.32. The van der Waals surface area contributed by atoms with Gasteiger partial charge in [0, 0.05) is 54.9 Å². The average Bonchev–Trinajstić information content (AvgIpc) is 3.23. The molecule has 1 amide bonds. The number of benzene rings is 3. The lowest BCUT2D eigenvalue weighted by atomic mass is 9.98. The van der Waals surface area contributed by atoms with E-state index in [-0.39, 0.29) is 19.1 Å². The van der Waals surface area contributed by atoms with Crippen molar-refractivity contribution in [1.82, 2.24) is 10.6 Å². The van der Waals surface area contributed by atoms with Gasteiger partial charge in [-0.05, 0) is 64.4 Å².